The van der Waals surface area contributed by atoms with Crippen LogP contribution >= 0.6 is 0 Å². The second-order valence-electron chi connectivity index (χ2n) is 7.08. The van der Waals surface area contributed by atoms with Gasteiger partial charge in [-0.05, 0) is 57.0 Å². The van der Waals surface area contributed by atoms with Gasteiger partial charge in [-0.3, -0.25) is 4.79 Å². The highest BCUT2D eigenvalue weighted by atomic mass is 16.7. The van der Waals surface area contributed by atoms with Crippen LogP contribution in [-0.4, -0.2) is 49.8 Å². The van der Waals surface area contributed by atoms with Gasteiger partial charge in [0.25, 0.3) is 0 Å². The lowest BCUT2D eigenvalue weighted by atomic mass is 10.1. The zero-order valence-corrected chi connectivity index (χ0v) is 16.9. The molecule has 2 rings (SSSR count). The van der Waals surface area contributed by atoms with E-state index in [9.17, 15) is 9.59 Å². The molecule has 1 aromatic rings. The van der Waals surface area contributed by atoms with E-state index in [1.165, 1.54) is 5.56 Å². The summed E-state index contributed by atoms with van der Waals surface area (Å²) in [4.78, 5) is 22.7. The van der Waals surface area contributed by atoms with Gasteiger partial charge in [-0.25, -0.2) is 4.79 Å². The van der Waals surface area contributed by atoms with Crippen molar-refractivity contribution in [1.82, 2.24) is 4.90 Å². The SMILES string of the molecule is CC(C)CC(N)C(=O)OC=O.CCN(C)C(C)Cc1ccc2c(c1)OCO2. The molecule has 0 saturated heterocycles. The first-order chi connectivity index (χ1) is 12.8. The summed E-state index contributed by atoms with van der Waals surface area (Å²) in [5.41, 5.74) is 6.67. The molecule has 1 heterocycles. The van der Waals surface area contributed by atoms with Gasteiger partial charge in [0, 0.05) is 6.04 Å². The Labute approximate surface area is 161 Å². The molecular formula is C20H32N2O5. The Kier molecular flexibility index (Phi) is 9.82. The summed E-state index contributed by atoms with van der Waals surface area (Å²) in [7, 11) is 2.15. The molecule has 0 bridgehead atoms. The van der Waals surface area contributed by atoms with E-state index in [2.05, 4.69) is 42.7 Å². The minimum Gasteiger partial charge on any atom is -0.454 e. The number of ether oxygens (including phenoxy) is 3. The Hall–Kier alpha value is -2.12. The molecule has 0 aliphatic carbocycles. The van der Waals surface area contributed by atoms with Gasteiger partial charge in [0.2, 0.25) is 6.79 Å². The van der Waals surface area contributed by atoms with Crippen LogP contribution in [-0.2, 0) is 20.7 Å². The van der Waals surface area contributed by atoms with Crippen LogP contribution in [0.4, 0.5) is 0 Å². The normalized spacial score (nSPS) is 14.4. The molecule has 2 atom stereocenters. The van der Waals surface area contributed by atoms with Crippen molar-refractivity contribution in [3.05, 3.63) is 23.8 Å². The van der Waals surface area contributed by atoms with Crippen LogP contribution in [0.5, 0.6) is 11.5 Å². The van der Waals surface area contributed by atoms with E-state index in [0.29, 0.717) is 25.2 Å². The molecule has 1 aliphatic heterocycles. The van der Waals surface area contributed by atoms with Crippen molar-refractivity contribution >= 4 is 12.4 Å². The molecule has 1 aromatic carbocycles. The molecule has 27 heavy (non-hydrogen) atoms. The number of hydrogen-bond acceptors (Lipinski definition) is 7. The van der Waals surface area contributed by atoms with Crippen molar-refractivity contribution in [3.63, 3.8) is 0 Å². The Balaban J connectivity index is 0.000000293. The summed E-state index contributed by atoms with van der Waals surface area (Å²) in [6, 6.07) is 6.07. The molecule has 152 valence electrons. The van der Waals surface area contributed by atoms with Crippen molar-refractivity contribution in [1.29, 1.82) is 0 Å². The van der Waals surface area contributed by atoms with E-state index in [-0.39, 0.29) is 6.47 Å². The number of benzene rings is 1. The summed E-state index contributed by atoms with van der Waals surface area (Å²) in [6.45, 7) is 9.82. The molecule has 0 spiro atoms. The second-order valence-corrected chi connectivity index (χ2v) is 7.08. The number of likely N-dealkylation sites (N-methyl/N-ethyl adjacent to an activating group) is 1. The van der Waals surface area contributed by atoms with Gasteiger partial charge in [-0.1, -0.05) is 26.8 Å². The maximum Gasteiger partial charge on any atom is 0.330 e. The first-order valence-electron chi connectivity index (χ1n) is 9.26. The predicted molar refractivity (Wildman–Crippen MR) is 104 cm³/mol. The highest BCUT2D eigenvalue weighted by Crippen LogP contribution is 2.32. The third-order valence-electron chi connectivity index (χ3n) is 4.41. The standard InChI is InChI=1S/C13H19NO2.C7H13NO3/c1-4-14(3)10(2)7-11-5-6-12-13(8-11)16-9-15-12;1-5(2)3-6(8)7(10)11-4-9/h5-6,8,10H,4,7,9H2,1-3H3;4-6H,3,8H2,1-2H3. The molecule has 0 fully saturated rings. The molecule has 0 saturated carbocycles. The van der Waals surface area contributed by atoms with Crippen LogP contribution in [0, 0.1) is 5.92 Å². The van der Waals surface area contributed by atoms with E-state index < -0.39 is 12.0 Å². The third-order valence-corrected chi connectivity index (χ3v) is 4.41. The molecule has 0 aromatic heterocycles. The number of carbonyl (C=O) groups is 2. The van der Waals surface area contributed by atoms with E-state index in [0.717, 1.165) is 24.5 Å². The van der Waals surface area contributed by atoms with Crippen molar-refractivity contribution in [2.24, 2.45) is 11.7 Å². The molecule has 2 N–H and O–H groups in total. The highest BCUT2D eigenvalue weighted by molar-refractivity contribution is 5.81. The van der Waals surface area contributed by atoms with E-state index in [1.54, 1.807) is 0 Å². The number of rotatable bonds is 8. The molecule has 7 heteroatoms. The zero-order valence-electron chi connectivity index (χ0n) is 16.9. The average molecular weight is 380 g/mol. The van der Waals surface area contributed by atoms with Crippen LogP contribution in [0.3, 0.4) is 0 Å². The van der Waals surface area contributed by atoms with Crippen molar-refractivity contribution in [3.8, 4) is 11.5 Å². The van der Waals surface area contributed by atoms with Crippen molar-refractivity contribution in [2.75, 3.05) is 20.4 Å². The molecular weight excluding hydrogens is 348 g/mol. The summed E-state index contributed by atoms with van der Waals surface area (Å²) in [5.74, 6) is 1.40. The maximum atomic E-state index is 10.7. The number of nitrogens with zero attached hydrogens (tertiary/aromatic N) is 1. The predicted octanol–water partition coefficient (Wildman–Crippen LogP) is 2.36. The number of nitrogens with two attached hydrogens (primary N) is 1. The van der Waals surface area contributed by atoms with Gasteiger partial charge in [0.1, 0.15) is 6.04 Å². The van der Waals surface area contributed by atoms with Gasteiger partial charge < -0.3 is 24.8 Å². The highest BCUT2D eigenvalue weighted by Gasteiger charge is 2.16. The smallest absolute Gasteiger partial charge is 0.330 e. The number of fused-ring (bicyclic) bond motifs is 1. The van der Waals surface area contributed by atoms with Crippen LogP contribution in [0.1, 0.15) is 39.7 Å². The Morgan fingerprint density at radius 2 is 1.96 bits per heavy atom. The molecule has 0 radical (unpaired) electrons. The number of esters is 1. The average Bonchev–Trinajstić information content (AvgIpc) is 3.08. The lowest BCUT2D eigenvalue weighted by Gasteiger charge is -2.23. The first-order valence-corrected chi connectivity index (χ1v) is 9.26. The van der Waals surface area contributed by atoms with Crippen LogP contribution in [0.15, 0.2) is 18.2 Å². The van der Waals surface area contributed by atoms with Crippen LogP contribution in [0.25, 0.3) is 0 Å². The van der Waals surface area contributed by atoms with Gasteiger partial charge in [-0.15, -0.1) is 0 Å². The Bertz CT molecular complexity index is 606. The fraction of sp³-hybridized carbons (Fsp3) is 0.600. The van der Waals surface area contributed by atoms with Crippen LogP contribution in [0.2, 0.25) is 0 Å². The van der Waals surface area contributed by atoms with E-state index in [1.807, 2.05) is 19.9 Å². The second kappa shape index (κ2) is 11.6. The molecule has 1 aliphatic rings. The Morgan fingerprint density at radius 3 is 2.56 bits per heavy atom. The van der Waals surface area contributed by atoms with Gasteiger partial charge in [0.15, 0.2) is 11.5 Å². The monoisotopic (exact) mass is 380 g/mol. The van der Waals surface area contributed by atoms with Gasteiger partial charge in [0.05, 0.1) is 0 Å². The van der Waals surface area contributed by atoms with Crippen LogP contribution < -0.4 is 15.2 Å². The fourth-order valence-corrected chi connectivity index (χ4v) is 2.62. The topological polar surface area (TPSA) is 91.1 Å². The fourth-order valence-electron chi connectivity index (χ4n) is 2.62. The van der Waals surface area contributed by atoms with E-state index in [4.69, 9.17) is 15.2 Å². The third kappa shape index (κ3) is 7.97. The number of hydrogen-bond donors (Lipinski definition) is 1. The van der Waals surface area contributed by atoms with Gasteiger partial charge in [-0.2, -0.15) is 0 Å². The van der Waals surface area contributed by atoms with Crippen molar-refractivity contribution in [2.45, 2.75) is 52.6 Å². The Morgan fingerprint density at radius 1 is 1.30 bits per heavy atom. The molecule has 7 nitrogen and oxygen atoms in total. The maximum absolute atomic E-state index is 10.7. The summed E-state index contributed by atoms with van der Waals surface area (Å²) >= 11 is 0. The van der Waals surface area contributed by atoms with E-state index >= 15 is 0 Å². The minimum absolute atomic E-state index is 0.0997. The quantitative estimate of drug-likeness (QED) is 0.420. The van der Waals surface area contributed by atoms with Gasteiger partial charge >= 0.3 is 12.4 Å². The van der Waals surface area contributed by atoms with Crippen molar-refractivity contribution < 1.29 is 23.8 Å². The number of carbonyl (C=O) groups excluding carboxylic acids is 2. The molecule has 0 amide bonds. The molecule has 2 unspecified atom stereocenters. The summed E-state index contributed by atoms with van der Waals surface area (Å²) in [5, 5.41) is 0. The lowest BCUT2D eigenvalue weighted by Crippen LogP contribution is -2.33. The largest absolute Gasteiger partial charge is 0.454 e. The summed E-state index contributed by atoms with van der Waals surface area (Å²) in [6.07, 6.45) is 1.58. The minimum atomic E-state index is -0.680. The lowest BCUT2D eigenvalue weighted by molar-refractivity contribution is -0.152. The first kappa shape index (κ1) is 22.9. The zero-order chi connectivity index (χ0) is 20.4. The summed E-state index contributed by atoms with van der Waals surface area (Å²) < 4.78 is 14.7.